The molecule has 1 aliphatic rings. The zero-order chi connectivity index (χ0) is 14.4. The molecule has 1 fully saturated rings. The number of carboxylic acids is 1. The maximum Gasteiger partial charge on any atom is 0.303 e. The Morgan fingerprint density at radius 2 is 1.63 bits per heavy atom. The van der Waals surface area contributed by atoms with E-state index in [-0.39, 0.29) is 12.3 Å². The number of rotatable bonds is 5. The Morgan fingerprint density at radius 3 is 2.16 bits per heavy atom. The van der Waals surface area contributed by atoms with Gasteiger partial charge in [0.1, 0.15) is 12.2 Å². The largest absolute Gasteiger partial charge is 0.481 e. The molecule has 3 unspecified atom stereocenters. The van der Waals surface area contributed by atoms with Gasteiger partial charge in [0.25, 0.3) is 0 Å². The Hall–Kier alpha value is -1.59. The molecule has 19 heavy (non-hydrogen) atoms. The molecule has 0 heterocycles. The highest BCUT2D eigenvalue weighted by Gasteiger charge is 2.34. The van der Waals surface area contributed by atoms with Crippen molar-refractivity contribution < 1.29 is 29.0 Å². The zero-order valence-electron chi connectivity index (χ0n) is 11.3. The molecule has 0 aromatic heterocycles. The smallest absolute Gasteiger partial charge is 0.303 e. The average molecular weight is 272 g/mol. The van der Waals surface area contributed by atoms with Crippen molar-refractivity contribution in [1.82, 2.24) is 0 Å². The number of hydrogen-bond donors (Lipinski definition) is 1. The van der Waals surface area contributed by atoms with Crippen LogP contribution < -0.4 is 0 Å². The molecule has 0 radical (unpaired) electrons. The fraction of sp³-hybridized carbons (Fsp3) is 0.769. The van der Waals surface area contributed by atoms with E-state index < -0.39 is 30.1 Å². The fourth-order valence-corrected chi connectivity index (χ4v) is 2.46. The van der Waals surface area contributed by atoms with Crippen LogP contribution in [0.1, 0.15) is 46.0 Å². The minimum absolute atomic E-state index is 0.107. The van der Waals surface area contributed by atoms with Gasteiger partial charge >= 0.3 is 17.9 Å². The number of aliphatic carboxylic acids is 1. The van der Waals surface area contributed by atoms with Crippen molar-refractivity contribution in [2.45, 2.75) is 58.2 Å². The summed E-state index contributed by atoms with van der Waals surface area (Å²) in [6.07, 6.45) is 1.71. The van der Waals surface area contributed by atoms with Crippen molar-refractivity contribution in [3.05, 3.63) is 0 Å². The van der Waals surface area contributed by atoms with Gasteiger partial charge in [0.15, 0.2) is 0 Å². The minimum atomic E-state index is -0.828. The van der Waals surface area contributed by atoms with Gasteiger partial charge in [-0.1, -0.05) is 0 Å². The summed E-state index contributed by atoms with van der Waals surface area (Å²) in [6, 6.07) is 0. The highest BCUT2D eigenvalue weighted by atomic mass is 16.6. The van der Waals surface area contributed by atoms with Crippen molar-refractivity contribution in [3.8, 4) is 0 Å². The molecule has 108 valence electrons. The molecule has 1 saturated carbocycles. The van der Waals surface area contributed by atoms with Crippen LogP contribution in [0.5, 0.6) is 0 Å². The molecule has 1 aliphatic carbocycles. The van der Waals surface area contributed by atoms with E-state index in [1.807, 2.05) is 0 Å². The first-order chi connectivity index (χ1) is 8.88. The van der Waals surface area contributed by atoms with E-state index in [9.17, 15) is 14.4 Å². The van der Waals surface area contributed by atoms with Crippen molar-refractivity contribution in [3.63, 3.8) is 0 Å². The van der Waals surface area contributed by atoms with Crippen LogP contribution in [0.15, 0.2) is 0 Å². The number of carbonyl (C=O) groups is 3. The molecule has 0 aromatic rings. The van der Waals surface area contributed by atoms with Gasteiger partial charge in [-0.3, -0.25) is 14.4 Å². The molecule has 6 heteroatoms. The van der Waals surface area contributed by atoms with Crippen LogP contribution in [0.2, 0.25) is 0 Å². The molecule has 0 spiro atoms. The van der Waals surface area contributed by atoms with Crippen LogP contribution in [0.3, 0.4) is 0 Å². The quantitative estimate of drug-likeness (QED) is 0.763. The van der Waals surface area contributed by atoms with Crippen LogP contribution in [-0.2, 0) is 23.9 Å². The van der Waals surface area contributed by atoms with Gasteiger partial charge < -0.3 is 14.6 Å². The number of ether oxygens (including phenoxy) is 2. The number of esters is 2. The number of carbonyl (C=O) groups excluding carboxylic acids is 2. The molecule has 1 rings (SSSR count). The third-order valence-electron chi connectivity index (χ3n) is 3.24. The normalized spacial score (nSPS) is 26.5. The SMILES string of the molecule is CC(=O)OC1CCC(CCC(=O)O)CC1OC(C)=O. The minimum Gasteiger partial charge on any atom is -0.481 e. The van der Waals surface area contributed by atoms with E-state index in [0.717, 1.165) is 6.42 Å². The third kappa shape index (κ3) is 5.72. The second kappa shape index (κ2) is 7.11. The van der Waals surface area contributed by atoms with E-state index >= 15 is 0 Å². The van der Waals surface area contributed by atoms with Crippen molar-refractivity contribution in [1.29, 1.82) is 0 Å². The summed E-state index contributed by atoms with van der Waals surface area (Å²) in [5, 5.41) is 8.67. The molecular weight excluding hydrogens is 252 g/mol. The molecule has 0 aromatic carbocycles. The lowest BCUT2D eigenvalue weighted by molar-refractivity contribution is -0.170. The summed E-state index contributed by atoms with van der Waals surface area (Å²) in [6.45, 7) is 2.63. The maximum atomic E-state index is 11.1. The molecular formula is C13H20O6. The van der Waals surface area contributed by atoms with Gasteiger partial charge in [0.2, 0.25) is 0 Å². The van der Waals surface area contributed by atoms with Crippen LogP contribution >= 0.6 is 0 Å². The first kappa shape index (κ1) is 15.5. The molecule has 0 amide bonds. The first-order valence-corrected chi connectivity index (χ1v) is 6.44. The van der Waals surface area contributed by atoms with Crippen LogP contribution in [-0.4, -0.2) is 35.2 Å². The van der Waals surface area contributed by atoms with Crippen molar-refractivity contribution >= 4 is 17.9 Å². The van der Waals surface area contributed by atoms with Gasteiger partial charge in [-0.25, -0.2) is 0 Å². The van der Waals surface area contributed by atoms with Gasteiger partial charge in [-0.05, 0) is 31.6 Å². The van der Waals surface area contributed by atoms with Crippen molar-refractivity contribution in [2.24, 2.45) is 5.92 Å². The van der Waals surface area contributed by atoms with E-state index in [1.165, 1.54) is 13.8 Å². The molecule has 0 bridgehead atoms. The number of hydrogen-bond acceptors (Lipinski definition) is 5. The van der Waals surface area contributed by atoms with E-state index in [2.05, 4.69) is 0 Å². The third-order valence-corrected chi connectivity index (χ3v) is 3.24. The van der Waals surface area contributed by atoms with Gasteiger partial charge in [-0.2, -0.15) is 0 Å². The Bertz CT molecular complexity index is 351. The van der Waals surface area contributed by atoms with Gasteiger partial charge in [0.05, 0.1) is 0 Å². The zero-order valence-corrected chi connectivity index (χ0v) is 11.3. The summed E-state index contributed by atoms with van der Waals surface area (Å²) in [5.41, 5.74) is 0. The van der Waals surface area contributed by atoms with Crippen LogP contribution in [0.4, 0.5) is 0 Å². The number of carboxylic acid groups (broad SMARTS) is 1. The second-order valence-electron chi connectivity index (χ2n) is 4.91. The first-order valence-electron chi connectivity index (χ1n) is 6.44. The van der Waals surface area contributed by atoms with E-state index in [0.29, 0.717) is 19.3 Å². The summed E-state index contributed by atoms with van der Waals surface area (Å²) in [5.74, 6) is -1.45. The second-order valence-corrected chi connectivity index (χ2v) is 4.91. The van der Waals surface area contributed by atoms with Gasteiger partial charge in [-0.15, -0.1) is 0 Å². The van der Waals surface area contributed by atoms with E-state index in [4.69, 9.17) is 14.6 Å². The lowest BCUT2D eigenvalue weighted by atomic mass is 9.82. The Kier molecular flexibility index (Phi) is 5.79. The lowest BCUT2D eigenvalue weighted by Crippen LogP contribution is -2.40. The monoisotopic (exact) mass is 272 g/mol. The van der Waals surface area contributed by atoms with E-state index in [1.54, 1.807) is 0 Å². The molecule has 6 nitrogen and oxygen atoms in total. The molecule has 0 saturated heterocycles. The predicted molar refractivity (Wildman–Crippen MR) is 65.3 cm³/mol. The molecule has 3 atom stereocenters. The van der Waals surface area contributed by atoms with Crippen molar-refractivity contribution in [2.75, 3.05) is 0 Å². The average Bonchev–Trinajstić information content (AvgIpc) is 2.28. The van der Waals surface area contributed by atoms with Gasteiger partial charge in [0, 0.05) is 20.3 Å². The molecule has 0 aliphatic heterocycles. The lowest BCUT2D eigenvalue weighted by Gasteiger charge is -2.34. The topological polar surface area (TPSA) is 89.9 Å². The standard InChI is InChI=1S/C13H20O6/c1-8(14)18-11-5-3-10(4-6-13(16)17)7-12(11)19-9(2)15/h10-12H,3-7H2,1-2H3,(H,16,17). The Morgan fingerprint density at radius 1 is 1.05 bits per heavy atom. The summed E-state index contributed by atoms with van der Waals surface area (Å²) >= 11 is 0. The highest BCUT2D eigenvalue weighted by Crippen LogP contribution is 2.31. The summed E-state index contributed by atoms with van der Waals surface area (Å²) in [4.78, 5) is 32.6. The Labute approximate surface area is 112 Å². The molecule has 1 N–H and O–H groups in total. The van der Waals surface area contributed by atoms with Crippen LogP contribution in [0.25, 0.3) is 0 Å². The predicted octanol–water partition coefficient (Wildman–Crippen LogP) is 1.51. The maximum absolute atomic E-state index is 11.1. The highest BCUT2D eigenvalue weighted by molar-refractivity contribution is 5.67. The summed E-state index contributed by atoms with van der Waals surface area (Å²) < 4.78 is 10.3. The fourth-order valence-electron chi connectivity index (χ4n) is 2.46. The summed E-state index contributed by atoms with van der Waals surface area (Å²) in [7, 11) is 0. The Balaban J connectivity index is 2.56. The van der Waals surface area contributed by atoms with Crippen LogP contribution in [0, 0.1) is 5.92 Å².